The molecule has 0 fully saturated rings. The summed E-state index contributed by atoms with van der Waals surface area (Å²) in [6.07, 6.45) is 6.21. The van der Waals surface area contributed by atoms with Gasteiger partial charge in [0.05, 0.1) is 0 Å². The molecule has 4 heteroatoms. The molecule has 2 nitrogen and oxygen atoms in total. The van der Waals surface area contributed by atoms with Crippen molar-refractivity contribution in [3.63, 3.8) is 0 Å². The monoisotopic (exact) mass is 205 g/mol. The van der Waals surface area contributed by atoms with Crippen LogP contribution in [0.25, 0.3) is 0 Å². The number of thiocyanates is 1. The summed E-state index contributed by atoms with van der Waals surface area (Å²) in [5, 5.41) is 10.3. The van der Waals surface area contributed by atoms with E-state index in [1.165, 1.54) is 11.8 Å². The second-order valence-corrected chi connectivity index (χ2v) is 5.07. The molecule has 0 spiro atoms. The summed E-state index contributed by atoms with van der Waals surface area (Å²) < 4.78 is 10.6. The van der Waals surface area contributed by atoms with Crippen LogP contribution in [0.5, 0.6) is 0 Å². The number of thioether (sulfide) groups is 1. The van der Waals surface area contributed by atoms with Crippen molar-refractivity contribution in [2.75, 3.05) is 17.8 Å². The number of unbranched alkanes of at least 4 members (excludes halogenated alkanes) is 3. The third kappa shape index (κ3) is 9.99. The molecule has 0 aromatic rings. The number of nitriles is 1. The zero-order valence-corrected chi connectivity index (χ0v) is 9.05. The minimum absolute atomic E-state index is 0.632. The quantitative estimate of drug-likeness (QED) is 0.472. The van der Waals surface area contributed by atoms with Gasteiger partial charge in [-0.25, -0.2) is 0 Å². The topological polar surface area (TPSA) is 40.9 Å². The standard InChI is InChI=1S/C8H15NOS2/c1-12(10)7-5-3-2-4-6-11-8-9/h2-7H2,1H3. The van der Waals surface area contributed by atoms with Gasteiger partial charge in [-0.3, -0.25) is 4.21 Å². The highest BCUT2D eigenvalue weighted by Crippen LogP contribution is 2.06. The Hall–Kier alpha value is -0.0100. The van der Waals surface area contributed by atoms with Gasteiger partial charge in [-0.2, -0.15) is 5.26 Å². The molecule has 0 aliphatic heterocycles. The highest BCUT2D eigenvalue weighted by Gasteiger charge is 1.92. The zero-order valence-electron chi connectivity index (χ0n) is 7.41. The van der Waals surface area contributed by atoms with E-state index in [1.54, 1.807) is 6.26 Å². The summed E-state index contributed by atoms with van der Waals surface area (Å²) in [7, 11) is -0.632. The molecule has 0 saturated carbocycles. The lowest BCUT2D eigenvalue weighted by Crippen LogP contribution is -1.93. The van der Waals surface area contributed by atoms with Crippen molar-refractivity contribution in [2.45, 2.75) is 25.7 Å². The van der Waals surface area contributed by atoms with E-state index >= 15 is 0 Å². The summed E-state index contributed by atoms with van der Waals surface area (Å²) in [5.74, 6) is 1.76. The Bertz CT molecular complexity index is 165. The summed E-state index contributed by atoms with van der Waals surface area (Å²) in [4.78, 5) is 0. The molecular weight excluding hydrogens is 190 g/mol. The first-order chi connectivity index (χ1) is 5.77. The summed E-state index contributed by atoms with van der Waals surface area (Å²) in [5.41, 5.74) is 0. The molecule has 0 radical (unpaired) electrons. The van der Waals surface area contributed by atoms with Crippen LogP contribution in [-0.2, 0) is 10.8 Å². The number of hydrogen-bond acceptors (Lipinski definition) is 3. The number of nitrogens with zero attached hydrogens (tertiary/aromatic N) is 1. The second kappa shape index (κ2) is 9.08. The van der Waals surface area contributed by atoms with Crippen molar-refractivity contribution in [3.8, 4) is 5.40 Å². The van der Waals surface area contributed by atoms with Gasteiger partial charge in [-0.1, -0.05) is 12.8 Å². The Kier molecular flexibility index (Phi) is 9.07. The van der Waals surface area contributed by atoms with Gasteiger partial charge in [0.25, 0.3) is 0 Å². The Labute approximate surface area is 81.2 Å². The van der Waals surface area contributed by atoms with E-state index in [-0.39, 0.29) is 0 Å². The molecule has 70 valence electrons. The molecule has 1 atom stereocenters. The molecule has 0 aromatic heterocycles. The molecule has 0 aliphatic carbocycles. The lowest BCUT2D eigenvalue weighted by molar-refractivity contribution is 0.672. The van der Waals surface area contributed by atoms with E-state index in [0.717, 1.165) is 37.2 Å². The van der Waals surface area contributed by atoms with Crippen molar-refractivity contribution >= 4 is 22.6 Å². The first kappa shape index (κ1) is 12.0. The molecule has 0 saturated heterocycles. The van der Waals surface area contributed by atoms with Crippen molar-refractivity contribution in [2.24, 2.45) is 0 Å². The highest BCUT2D eigenvalue weighted by molar-refractivity contribution is 8.03. The molecule has 0 heterocycles. The maximum atomic E-state index is 10.6. The van der Waals surface area contributed by atoms with E-state index < -0.39 is 10.8 Å². The van der Waals surface area contributed by atoms with Crippen LogP contribution >= 0.6 is 11.8 Å². The molecule has 0 aromatic carbocycles. The van der Waals surface area contributed by atoms with Crippen molar-refractivity contribution in [3.05, 3.63) is 0 Å². The Morgan fingerprint density at radius 1 is 1.33 bits per heavy atom. The van der Waals surface area contributed by atoms with E-state index in [2.05, 4.69) is 0 Å². The molecule has 1 unspecified atom stereocenters. The largest absolute Gasteiger partial charge is 0.260 e. The van der Waals surface area contributed by atoms with Crippen LogP contribution in [0, 0.1) is 10.7 Å². The van der Waals surface area contributed by atoms with E-state index in [1.807, 2.05) is 5.40 Å². The van der Waals surface area contributed by atoms with Crippen LogP contribution in [0.4, 0.5) is 0 Å². The Morgan fingerprint density at radius 3 is 2.58 bits per heavy atom. The van der Waals surface area contributed by atoms with Crippen molar-refractivity contribution in [1.82, 2.24) is 0 Å². The highest BCUT2D eigenvalue weighted by atomic mass is 32.2. The van der Waals surface area contributed by atoms with E-state index in [0.29, 0.717) is 0 Å². The van der Waals surface area contributed by atoms with Crippen LogP contribution in [-0.4, -0.2) is 22.0 Å². The van der Waals surface area contributed by atoms with Crippen molar-refractivity contribution < 1.29 is 4.21 Å². The maximum absolute atomic E-state index is 10.6. The van der Waals surface area contributed by atoms with Crippen LogP contribution < -0.4 is 0 Å². The fraction of sp³-hybridized carbons (Fsp3) is 0.875. The van der Waals surface area contributed by atoms with Crippen LogP contribution in [0.15, 0.2) is 0 Å². The van der Waals surface area contributed by atoms with Crippen LogP contribution in [0.1, 0.15) is 25.7 Å². The predicted molar refractivity (Wildman–Crippen MR) is 55.5 cm³/mol. The summed E-state index contributed by atoms with van der Waals surface area (Å²) in [6, 6.07) is 0. The molecule has 0 N–H and O–H groups in total. The lowest BCUT2D eigenvalue weighted by atomic mass is 10.2. The summed E-state index contributed by atoms with van der Waals surface area (Å²) in [6.45, 7) is 0. The van der Waals surface area contributed by atoms with Gasteiger partial charge in [0.2, 0.25) is 0 Å². The normalized spacial score (nSPS) is 12.3. The number of hydrogen-bond donors (Lipinski definition) is 0. The van der Waals surface area contributed by atoms with Gasteiger partial charge < -0.3 is 0 Å². The van der Waals surface area contributed by atoms with E-state index in [9.17, 15) is 4.21 Å². The lowest BCUT2D eigenvalue weighted by Gasteiger charge is -1.97. The van der Waals surface area contributed by atoms with E-state index in [4.69, 9.17) is 5.26 Å². The molecule has 0 amide bonds. The van der Waals surface area contributed by atoms with Gasteiger partial charge >= 0.3 is 0 Å². The minimum atomic E-state index is -0.632. The molecular formula is C8H15NOS2. The zero-order chi connectivity index (χ0) is 9.23. The fourth-order valence-corrected chi connectivity index (χ4v) is 1.93. The minimum Gasteiger partial charge on any atom is -0.260 e. The van der Waals surface area contributed by atoms with Crippen LogP contribution in [0.2, 0.25) is 0 Å². The second-order valence-electron chi connectivity index (χ2n) is 2.63. The third-order valence-electron chi connectivity index (χ3n) is 1.49. The first-order valence-corrected chi connectivity index (χ1v) is 6.79. The smallest absolute Gasteiger partial charge is 0.133 e. The van der Waals surface area contributed by atoms with Gasteiger partial charge in [0, 0.05) is 28.6 Å². The molecule has 0 bridgehead atoms. The summed E-state index contributed by atoms with van der Waals surface area (Å²) >= 11 is 1.32. The third-order valence-corrected chi connectivity index (χ3v) is 2.98. The maximum Gasteiger partial charge on any atom is 0.133 e. The number of rotatable bonds is 7. The van der Waals surface area contributed by atoms with Crippen LogP contribution in [0.3, 0.4) is 0 Å². The van der Waals surface area contributed by atoms with Gasteiger partial charge in [0.1, 0.15) is 5.40 Å². The fourth-order valence-electron chi connectivity index (χ4n) is 0.879. The molecule has 12 heavy (non-hydrogen) atoms. The Morgan fingerprint density at radius 2 is 2.00 bits per heavy atom. The van der Waals surface area contributed by atoms with Gasteiger partial charge in [0.15, 0.2) is 0 Å². The predicted octanol–water partition coefficient (Wildman–Crippen LogP) is 2.14. The molecule has 0 aliphatic rings. The molecule has 0 rings (SSSR count). The van der Waals surface area contributed by atoms with Crippen molar-refractivity contribution in [1.29, 1.82) is 5.26 Å². The first-order valence-electron chi connectivity index (χ1n) is 4.08. The van der Waals surface area contributed by atoms with Gasteiger partial charge in [-0.15, -0.1) is 0 Å². The average molecular weight is 205 g/mol. The van der Waals surface area contributed by atoms with Gasteiger partial charge in [-0.05, 0) is 24.6 Å². The SMILES string of the molecule is CS(=O)CCCCCCSC#N. The average Bonchev–Trinajstić information content (AvgIpc) is 2.02. The Balaban J connectivity index is 2.92.